The number of nitrogens with zero attached hydrogens (tertiary/aromatic N) is 3. The molecule has 1 N–H and O–H groups in total. The quantitative estimate of drug-likeness (QED) is 0.628. The van der Waals surface area contributed by atoms with Crippen molar-refractivity contribution < 1.29 is 18.0 Å². The number of hydrogen-bond acceptors (Lipinski definition) is 3. The second kappa shape index (κ2) is 8.64. The first-order valence-electron chi connectivity index (χ1n) is 10.7. The Balaban J connectivity index is 1.68. The predicted molar refractivity (Wildman–Crippen MR) is 123 cm³/mol. The summed E-state index contributed by atoms with van der Waals surface area (Å²) in [7, 11) is 1.68. The van der Waals surface area contributed by atoms with Gasteiger partial charge in [0, 0.05) is 55.7 Å². The van der Waals surface area contributed by atoms with Gasteiger partial charge in [-0.3, -0.25) is 4.79 Å². The molecule has 1 aromatic heterocycles. The van der Waals surface area contributed by atoms with Crippen molar-refractivity contribution in [3.63, 3.8) is 0 Å². The summed E-state index contributed by atoms with van der Waals surface area (Å²) in [5.74, 6) is 0.418. The third-order valence-electron chi connectivity index (χ3n) is 6.56. The van der Waals surface area contributed by atoms with Crippen molar-refractivity contribution in [2.75, 3.05) is 26.2 Å². The van der Waals surface area contributed by atoms with Crippen molar-refractivity contribution in [1.29, 1.82) is 0 Å². The van der Waals surface area contributed by atoms with Crippen LogP contribution in [0, 0.1) is 12.3 Å². The third kappa shape index (κ3) is 4.29. The molecule has 4 rings (SSSR count). The summed E-state index contributed by atoms with van der Waals surface area (Å²) in [6, 6.07) is 2.21. The monoisotopic (exact) mass is 500 g/mol. The van der Waals surface area contributed by atoms with Gasteiger partial charge in [-0.1, -0.05) is 24.6 Å². The highest BCUT2D eigenvalue weighted by atomic mass is 35.5. The Morgan fingerprint density at radius 3 is 2.58 bits per heavy atom. The second-order valence-corrected chi connectivity index (χ2v) is 9.72. The lowest BCUT2D eigenvalue weighted by atomic mass is 9.76. The van der Waals surface area contributed by atoms with Gasteiger partial charge in [-0.25, -0.2) is 4.98 Å². The number of nitrogens with one attached hydrogen (secondary N) is 1. The fourth-order valence-electron chi connectivity index (χ4n) is 4.46. The number of allylic oxidation sites excluding steroid dienone is 3. The molecule has 0 spiro atoms. The van der Waals surface area contributed by atoms with Gasteiger partial charge in [0.05, 0.1) is 22.0 Å². The number of carbonyl (C=O) groups excluding carboxylic acids is 1. The van der Waals surface area contributed by atoms with E-state index in [1.807, 2.05) is 6.92 Å². The van der Waals surface area contributed by atoms with E-state index >= 15 is 0 Å². The molecular formula is C23H25Cl2F3N4O. The van der Waals surface area contributed by atoms with Crippen LogP contribution in [0.1, 0.15) is 23.9 Å². The Kier molecular flexibility index (Phi) is 6.31. The predicted octanol–water partition coefficient (Wildman–Crippen LogP) is 4.55. The SMILES string of the molecule is Cc1cc(C(F)(F)F)cc2c1nc(CC1(C)C(Cl)=CC=C(C(=O)N3CCNCC3)C1Cl)n2C. The number of aromatic nitrogens is 2. The van der Waals surface area contributed by atoms with E-state index in [1.54, 1.807) is 35.6 Å². The first-order chi connectivity index (χ1) is 15.4. The normalized spacial score (nSPS) is 24.1. The number of piperazine rings is 1. The molecule has 1 aliphatic carbocycles. The lowest BCUT2D eigenvalue weighted by Gasteiger charge is -2.39. The molecule has 2 unspecified atom stereocenters. The molecule has 0 saturated carbocycles. The number of aryl methyl sites for hydroxylation is 2. The zero-order valence-electron chi connectivity index (χ0n) is 18.6. The first kappa shape index (κ1) is 24.1. The van der Waals surface area contributed by atoms with Crippen LogP contribution in [0.3, 0.4) is 0 Å². The number of amides is 1. The van der Waals surface area contributed by atoms with Crippen LogP contribution < -0.4 is 5.32 Å². The molecule has 2 atom stereocenters. The topological polar surface area (TPSA) is 50.2 Å². The van der Waals surface area contributed by atoms with Crippen molar-refractivity contribution in [1.82, 2.24) is 19.8 Å². The van der Waals surface area contributed by atoms with Gasteiger partial charge < -0.3 is 14.8 Å². The fourth-order valence-corrected chi connectivity index (χ4v) is 5.12. The van der Waals surface area contributed by atoms with E-state index in [4.69, 9.17) is 23.2 Å². The second-order valence-electron chi connectivity index (χ2n) is 8.88. The number of rotatable bonds is 3. The highest BCUT2D eigenvalue weighted by molar-refractivity contribution is 6.33. The molecule has 1 amide bonds. The lowest BCUT2D eigenvalue weighted by molar-refractivity contribution is -0.137. The number of carbonyl (C=O) groups is 1. The standard InChI is InChI=1S/C23H25Cl2F3N4O/c1-13-10-14(23(26,27)28)11-16-19(13)30-18(31(16)3)12-22(2)17(24)5-4-15(20(22)25)21(33)32-8-6-29-7-9-32/h4-5,10-11,20,29H,6-9,12H2,1-3H3. The van der Waals surface area contributed by atoms with Crippen LogP contribution in [-0.4, -0.2) is 51.9 Å². The first-order valence-corrected chi connectivity index (χ1v) is 11.5. The highest BCUT2D eigenvalue weighted by Gasteiger charge is 2.44. The number of hydrogen-bond donors (Lipinski definition) is 1. The summed E-state index contributed by atoms with van der Waals surface area (Å²) in [5, 5.41) is 2.97. The van der Waals surface area contributed by atoms with Gasteiger partial charge in [0.1, 0.15) is 5.82 Å². The van der Waals surface area contributed by atoms with Gasteiger partial charge in [0.15, 0.2) is 0 Å². The van der Waals surface area contributed by atoms with Crippen LogP contribution in [0.4, 0.5) is 13.2 Å². The van der Waals surface area contributed by atoms with E-state index in [-0.39, 0.29) is 12.3 Å². The molecule has 2 heterocycles. The average Bonchev–Trinajstić information content (AvgIpc) is 3.08. The summed E-state index contributed by atoms with van der Waals surface area (Å²) < 4.78 is 41.6. The summed E-state index contributed by atoms with van der Waals surface area (Å²) in [5.41, 5.74) is 0.210. The minimum absolute atomic E-state index is 0.126. The smallest absolute Gasteiger partial charge is 0.336 e. The fraction of sp³-hybridized carbons (Fsp3) is 0.478. The maximum Gasteiger partial charge on any atom is 0.416 e. The third-order valence-corrected chi connectivity index (χ3v) is 7.84. The molecule has 1 fully saturated rings. The number of alkyl halides is 4. The van der Waals surface area contributed by atoms with Gasteiger partial charge in [0.25, 0.3) is 5.91 Å². The molecular weight excluding hydrogens is 476 g/mol. The number of imidazole rings is 1. The van der Waals surface area contributed by atoms with Gasteiger partial charge in [-0.15, -0.1) is 11.6 Å². The van der Waals surface area contributed by atoms with Crippen molar-refractivity contribution in [3.05, 3.63) is 51.8 Å². The van der Waals surface area contributed by atoms with Gasteiger partial charge >= 0.3 is 6.18 Å². The molecule has 2 aromatic rings. The summed E-state index contributed by atoms with van der Waals surface area (Å²) in [4.78, 5) is 19.5. The van der Waals surface area contributed by atoms with Crippen molar-refractivity contribution in [2.45, 2.75) is 31.8 Å². The molecule has 1 saturated heterocycles. The average molecular weight is 501 g/mol. The van der Waals surface area contributed by atoms with Gasteiger partial charge in [0.2, 0.25) is 0 Å². The maximum atomic E-state index is 13.3. The zero-order chi connectivity index (χ0) is 24.1. The summed E-state index contributed by atoms with van der Waals surface area (Å²) >= 11 is 13.5. The molecule has 178 valence electrons. The van der Waals surface area contributed by atoms with E-state index in [2.05, 4.69) is 10.3 Å². The van der Waals surface area contributed by atoms with Gasteiger partial charge in [-0.2, -0.15) is 13.2 Å². The van der Waals surface area contributed by atoms with Crippen molar-refractivity contribution in [3.8, 4) is 0 Å². The molecule has 2 aliphatic rings. The van der Waals surface area contributed by atoms with Crippen molar-refractivity contribution in [2.24, 2.45) is 12.5 Å². The molecule has 1 aromatic carbocycles. The molecule has 5 nitrogen and oxygen atoms in total. The van der Waals surface area contributed by atoms with Crippen LogP contribution in [0.5, 0.6) is 0 Å². The van der Waals surface area contributed by atoms with Crippen LogP contribution in [0.2, 0.25) is 0 Å². The minimum Gasteiger partial charge on any atom is -0.336 e. The van der Waals surface area contributed by atoms with E-state index < -0.39 is 22.5 Å². The molecule has 0 radical (unpaired) electrons. The Morgan fingerprint density at radius 2 is 1.94 bits per heavy atom. The Bertz CT molecular complexity index is 1160. The molecule has 33 heavy (non-hydrogen) atoms. The maximum absolute atomic E-state index is 13.3. The lowest BCUT2D eigenvalue weighted by Crippen LogP contribution is -2.49. The minimum atomic E-state index is -4.45. The summed E-state index contributed by atoms with van der Waals surface area (Å²) in [6.07, 6.45) is -0.836. The molecule has 1 aliphatic heterocycles. The largest absolute Gasteiger partial charge is 0.416 e. The number of benzene rings is 1. The molecule has 0 bridgehead atoms. The number of fused-ring (bicyclic) bond motifs is 1. The Hall–Kier alpha value is -2.03. The van der Waals surface area contributed by atoms with E-state index in [9.17, 15) is 18.0 Å². The van der Waals surface area contributed by atoms with E-state index in [1.165, 1.54) is 0 Å². The van der Waals surface area contributed by atoms with E-state index in [0.29, 0.717) is 46.1 Å². The van der Waals surface area contributed by atoms with Crippen LogP contribution >= 0.6 is 23.2 Å². The van der Waals surface area contributed by atoms with Crippen LogP contribution in [-0.2, 0) is 24.4 Å². The van der Waals surface area contributed by atoms with Crippen molar-refractivity contribution >= 4 is 40.1 Å². The van der Waals surface area contributed by atoms with E-state index in [0.717, 1.165) is 25.2 Å². The summed E-state index contributed by atoms with van der Waals surface area (Å²) in [6.45, 7) is 6.10. The Morgan fingerprint density at radius 1 is 1.27 bits per heavy atom. The number of halogens is 5. The van der Waals surface area contributed by atoms with Crippen LogP contribution in [0.15, 0.2) is 34.9 Å². The zero-order valence-corrected chi connectivity index (χ0v) is 20.1. The Labute approximate surface area is 200 Å². The van der Waals surface area contributed by atoms with Crippen LogP contribution in [0.25, 0.3) is 11.0 Å². The molecule has 10 heteroatoms. The van der Waals surface area contributed by atoms with Gasteiger partial charge in [-0.05, 0) is 30.7 Å². The highest BCUT2D eigenvalue weighted by Crippen LogP contribution is 2.46.